The number of aryl methyl sites for hydroxylation is 3. The quantitative estimate of drug-likeness (QED) is 0.137. The molecule has 1 aliphatic carbocycles. The zero-order chi connectivity index (χ0) is 34.2. The SMILES string of the molecule is CCc1cc(Nc2nc3c(ncn3CCCCCN3CCN(c4nc5[nH]c(C6CC6)c(C(=O)O)c(=O)c5cc4F)CC3)c(=O)[nH]2)ccc1C. The number of anilines is 3. The number of nitrogens with one attached hydrogen (secondary N) is 3. The molecule has 1 saturated heterocycles. The maximum absolute atomic E-state index is 15.2. The maximum Gasteiger partial charge on any atom is 0.341 e. The number of imidazole rings is 1. The Labute approximate surface area is 281 Å². The van der Waals surface area contributed by atoms with Gasteiger partial charge in [-0.15, -0.1) is 0 Å². The summed E-state index contributed by atoms with van der Waals surface area (Å²) in [4.78, 5) is 61.0. The van der Waals surface area contributed by atoms with Gasteiger partial charge >= 0.3 is 5.97 Å². The van der Waals surface area contributed by atoms with E-state index in [0.717, 1.165) is 69.9 Å². The second-order valence-corrected chi connectivity index (χ2v) is 13.0. The number of nitrogens with zero attached hydrogens (tertiary/aromatic N) is 6. The lowest BCUT2D eigenvalue weighted by Gasteiger charge is -2.35. The third kappa shape index (κ3) is 6.64. The van der Waals surface area contributed by atoms with Gasteiger partial charge in [0.2, 0.25) is 11.4 Å². The third-order valence-electron chi connectivity index (χ3n) is 9.66. The summed E-state index contributed by atoms with van der Waals surface area (Å²) in [6.45, 7) is 8.46. The number of aromatic carboxylic acids is 1. The summed E-state index contributed by atoms with van der Waals surface area (Å²) in [5.74, 6) is -1.38. The molecule has 1 aliphatic heterocycles. The van der Waals surface area contributed by atoms with Crippen LogP contribution in [0, 0.1) is 12.7 Å². The highest BCUT2D eigenvalue weighted by molar-refractivity contribution is 5.93. The van der Waals surface area contributed by atoms with Crippen LogP contribution in [0.5, 0.6) is 0 Å². The van der Waals surface area contributed by atoms with Crippen molar-refractivity contribution in [1.82, 2.24) is 34.4 Å². The lowest BCUT2D eigenvalue weighted by molar-refractivity contribution is 0.0694. The standard InChI is InChI=1S/C35H40FN9O4/c1-3-21-17-23(10-7-20(21)2)38-35-41-32-28(33(47)42-35)37-19-45(32)12-6-4-5-11-43-13-15-44(16-14-43)31-25(36)18-24-29(46)26(34(48)49)27(22-8-9-22)39-30(24)40-31/h7,10,17-19,22H,3-6,8-9,11-16H2,1-2H3,(H,48,49)(H,39,40,46)(H2,38,41,42,47). The highest BCUT2D eigenvalue weighted by Crippen LogP contribution is 2.40. The normalized spacial score (nSPS) is 15.4. The van der Waals surface area contributed by atoms with Gasteiger partial charge in [0.25, 0.3) is 5.56 Å². The number of hydrogen-bond acceptors (Lipinski definition) is 9. The molecule has 256 valence electrons. The molecule has 2 fully saturated rings. The Balaban J connectivity index is 0.923. The number of carboxylic acid groups (broad SMARTS) is 1. The molecule has 0 spiro atoms. The number of rotatable bonds is 12. The molecule has 0 radical (unpaired) electrons. The van der Waals surface area contributed by atoms with Gasteiger partial charge in [-0.3, -0.25) is 19.5 Å². The van der Waals surface area contributed by atoms with E-state index >= 15 is 4.39 Å². The maximum atomic E-state index is 15.2. The van der Waals surface area contributed by atoms with Crippen LogP contribution in [0.15, 0.2) is 40.2 Å². The van der Waals surface area contributed by atoms with Crippen molar-refractivity contribution in [3.63, 3.8) is 0 Å². The molecule has 5 heterocycles. The highest BCUT2D eigenvalue weighted by atomic mass is 19.1. The number of pyridine rings is 2. The lowest BCUT2D eigenvalue weighted by atomic mass is 10.1. The van der Waals surface area contributed by atoms with Crippen LogP contribution < -0.4 is 21.2 Å². The number of fused-ring (bicyclic) bond motifs is 2. The third-order valence-corrected chi connectivity index (χ3v) is 9.66. The van der Waals surface area contributed by atoms with Crippen LogP contribution in [0.1, 0.15) is 72.1 Å². The van der Waals surface area contributed by atoms with Gasteiger partial charge in [-0.05, 0) is 74.9 Å². The lowest BCUT2D eigenvalue weighted by Crippen LogP contribution is -2.47. The Morgan fingerprint density at radius 1 is 1.04 bits per heavy atom. The predicted octanol–water partition coefficient (Wildman–Crippen LogP) is 4.68. The van der Waals surface area contributed by atoms with Gasteiger partial charge in [0.1, 0.15) is 11.2 Å². The van der Waals surface area contributed by atoms with Crippen molar-refractivity contribution in [2.45, 2.75) is 64.8 Å². The van der Waals surface area contributed by atoms with Gasteiger partial charge < -0.3 is 24.9 Å². The average Bonchev–Trinajstić information content (AvgIpc) is 3.86. The Kier molecular flexibility index (Phi) is 8.88. The Hall–Kier alpha value is -5.11. The first kappa shape index (κ1) is 32.4. The van der Waals surface area contributed by atoms with Crippen molar-refractivity contribution >= 4 is 45.6 Å². The van der Waals surface area contributed by atoms with Crippen LogP contribution >= 0.6 is 0 Å². The molecular weight excluding hydrogens is 629 g/mol. The number of halogens is 1. The molecule has 7 rings (SSSR count). The number of hydrogen-bond donors (Lipinski definition) is 4. The van der Waals surface area contributed by atoms with Crippen LogP contribution in [0.2, 0.25) is 0 Å². The van der Waals surface area contributed by atoms with E-state index in [1.807, 2.05) is 15.5 Å². The van der Waals surface area contributed by atoms with Crippen LogP contribution in [0.4, 0.5) is 21.8 Å². The Morgan fingerprint density at radius 2 is 1.82 bits per heavy atom. The minimum Gasteiger partial charge on any atom is -0.477 e. The largest absolute Gasteiger partial charge is 0.477 e. The molecular formula is C35H40FN9O4. The molecule has 0 unspecified atom stereocenters. The fraction of sp³-hybridized carbons (Fsp3) is 0.429. The molecule has 0 bridgehead atoms. The zero-order valence-corrected chi connectivity index (χ0v) is 27.7. The van der Waals surface area contributed by atoms with E-state index < -0.39 is 17.2 Å². The molecule has 49 heavy (non-hydrogen) atoms. The molecule has 1 saturated carbocycles. The smallest absolute Gasteiger partial charge is 0.341 e. The summed E-state index contributed by atoms with van der Waals surface area (Å²) in [6.07, 6.45) is 7.07. The average molecular weight is 670 g/mol. The molecule has 0 atom stereocenters. The molecule has 14 heteroatoms. The van der Waals surface area contributed by atoms with E-state index in [1.165, 1.54) is 11.1 Å². The Bertz CT molecular complexity index is 2160. The minimum atomic E-state index is -1.31. The number of aromatic nitrogens is 6. The molecule has 13 nitrogen and oxygen atoms in total. The molecule has 2 aliphatic rings. The van der Waals surface area contributed by atoms with Gasteiger partial charge in [0.15, 0.2) is 22.8 Å². The monoisotopic (exact) mass is 669 g/mol. The van der Waals surface area contributed by atoms with Gasteiger partial charge in [0, 0.05) is 50.0 Å². The topological polar surface area (TPSA) is 165 Å². The van der Waals surface area contributed by atoms with Gasteiger partial charge in [-0.1, -0.05) is 19.4 Å². The summed E-state index contributed by atoms with van der Waals surface area (Å²) in [5.41, 5.74) is 3.52. The summed E-state index contributed by atoms with van der Waals surface area (Å²) in [6, 6.07) is 7.21. The molecule has 0 amide bonds. The summed E-state index contributed by atoms with van der Waals surface area (Å²) in [5, 5.41) is 12.8. The summed E-state index contributed by atoms with van der Waals surface area (Å²) >= 11 is 0. The second-order valence-electron chi connectivity index (χ2n) is 13.0. The first-order chi connectivity index (χ1) is 23.7. The fourth-order valence-corrected chi connectivity index (χ4v) is 6.73. The predicted molar refractivity (Wildman–Crippen MR) is 186 cm³/mol. The van der Waals surface area contributed by atoms with E-state index in [4.69, 9.17) is 0 Å². The highest BCUT2D eigenvalue weighted by Gasteiger charge is 2.32. The number of carboxylic acids is 1. The Morgan fingerprint density at radius 3 is 2.55 bits per heavy atom. The number of piperazine rings is 1. The van der Waals surface area contributed by atoms with Crippen LogP contribution in [0.25, 0.3) is 22.2 Å². The van der Waals surface area contributed by atoms with Crippen molar-refractivity contribution < 1.29 is 14.3 Å². The van der Waals surface area contributed by atoms with Crippen LogP contribution in [-0.2, 0) is 13.0 Å². The number of H-pyrrole nitrogens is 2. The summed E-state index contributed by atoms with van der Waals surface area (Å²) < 4.78 is 17.1. The van der Waals surface area contributed by atoms with E-state index in [0.29, 0.717) is 42.4 Å². The number of carbonyl (C=O) groups is 1. The van der Waals surface area contributed by atoms with Crippen LogP contribution in [-0.4, -0.2) is 78.2 Å². The first-order valence-electron chi connectivity index (χ1n) is 17.0. The van der Waals surface area contributed by atoms with Crippen molar-refractivity contribution in [2.75, 3.05) is 42.9 Å². The zero-order valence-electron chi connectivity index (χ0n) is 27.7. The molecule has 5 aromatic rings. The minimum absolute atomic E-state index is 0.00359. The van der Waals surface area contributed by atoms with Crippen molar-refractivity contribution in [2.24, 2.45) is 0 Å². The van der Waals surface area contributed by atoms with Crippen molar-refractivity contribution in [3.05, 3.63) is 79.4 Å². The number of aromatic amines is 2. The molecule has 4 aromatic heterocycles. The van der Waals surface area contributed by atoms with Crippen molar-refractivity contribution in [1.29, 1.82) is 0 Å². The van der Waals surface area contributed by atoms with Crippen molar-refractivity contribution in [3.8, 4) is 0 Å². The van der Waals surface area contributed by atoms with E-state index in [9.17, 15) is 19.5 Å². The molecule has 1 aromatic carbocycles. The second kappa shape index (κ2) is 13.4. The number of benzene rings is 1. The van der Waals surface area contributed by atoms with Crippen LogP contribution in [0.3, 0.4) is 0 Å². The fourth-order valence-electron chi connectivity index (χ4n) is 6.73. The first-order valence-corrected chi connectivity index (χ1v) is 17.0. The van der Waals surface area contributed by atoms with E-state index in [-0.39, 0.29) is 33.9 Å². The van der Waals surface area contributed by atoms with Gasteiger partial charge in [-0.2, -0.15) is 4.98 Å². The summed E-state index contributed by atoms with van der Waals surface area (Å²) in [7, 11) is 0. The number of unbranched alkanes of at least 4 members (excludes halogenated alkanes) is 2. The van der Waals surface area contributed by atoms with Gasteiger partial charge in [-0.25, -0.2) is 19.2 Å². The van der Waals surface area contributed by atoms with Gasteiger partial charge in [0.05, 0.1) is 11.7 Å². The van der Waals surface area contributed by atoms with E-state index in [1.54, 1.807) is 6.33 Å². The molecule has 4 N–H and O–H groups in total. The van der Waals surface area contributed by atoms with E-state index in [2.05, 4.69) is 61.1 Å².